The highest BCUT2D eigenvalue weighted by atomic mass is 32.1. The van der Waals surface area contributed by atoms with Crippen LogP contribution in [0.15, 0.2) is 54.7 Å². The van der Waals surface area contributed by atoms with Gasteiger partial charge in [-0.3, -0.25) is 14.6 Å². The smallest absolute Gasteiger partial charge is 0.260 e. The maximum absolute atomic E-state index is 13.1. The first-order valence-electron chi connectivity index (χ1n) is 11.2. The van der Waals surface area contributed by atoms with Crippen LogP contribution in [0.25, 0.3) is 11.0 Å². The van der Waals surface area contributed by atoms with Gasteiger partial charge in [0, 0.05) is 17.8 Å². The Morgan fingerprint density at radius 1 is 1.03 bits per heavy atom. The van der Waals surface area contributed by atoms with Crippen molar-refractivity contribution in [3.8, 4) is 0 Å². The van der Waals surface area contributed by atoms with Crippen LogP contribution in [0.3, 0.4) is 0 Å². The van der Waals surface area contributed by atoms with Gasteiger partial charge in [-0.1, -0.05) is 18.2 Å². The Kier molecular flexibility index (Phi) is 7.64. The first-order chi connectivity index (χ1) is 16.9. The lowest BCUT2D eigenvalue weighted by atomic mass is 10.1. The number of para-hydroxylation sites is 2. The molecular weight excluding hydrogens is 462 g/mol. The molecule has 2 aromatic heterocycles. The maximum atomic E-state index is 13.1. The molecular formula is C25H27N7O2S. The van der Waals surface area contributed by atoms with Crippen molar-refractivity contribution in [3.05, 3.63) is 71.5 Å². The fraction of sp³-hybridized carbons (Fsp3) is 0.240. The van der Waals surface area contributed by atoms with Crippen LogP contribution >= 0.6 is 11.5 Å². The second-order valence-corrected chi connectivity index (χ2v) is 9.06. The van der Waals surface area contributed by atoms with E-state index in [1.807, 2.05) is 38.4 Å². The molecule has 0 unspecified atom stereocenters. The van der Waals surface area contributed by atoms with Gasteiger partial charge in [0.25, 0.3) is 11.8 Å². The van der Waals surface area contributed by atoms with E-state index < -0.39 is 0 Å². The molecule has 3 N–H and O–H groups in total. The van der Waals surface area contributed by atoms with Crippen LogP contribution in [0.2, 0.25) is 0 Å². The lowest BCUT2D eigenvalue weighted by Crippen LogP contribution is -2.27. The highest BCUT2D eigenvalue weighted by Gasteiger charge is 2.20. The Balaban J connectivity index is 1.45. The van der Waals surface area contributed by atoms with Gasteiger partial charge in [-0.2, -0.15) is 4.37 Å². The maximum Gasteiger partial charge on any atom is 0.260 e. The summed E-state index contributed by atoms with van der Waals surface area (Å²) < 4.78 is 4.34. The van der Waals surface area contributed by atoms with Crippen molar-refractivity contribution >= 4 is 50.9 Å². The molecule has 0 aliphatic heterocycles. The normalized spacial score (nSPS) is 11.0. The largest absolute Gasteiger partial charge is 0.352 e. The molecule has 0 spiro atoms. The molecule has 10 heteroatoms. The van der Waals surface area contributed by atoms with E-state index in [2.05, 4.69) is 35.2 Å². The highest BCUT2D eigenvalue weighted by Crippen LogP contribution is 2.28. The minimum Gasteiger partial charge on any atom is -0.352 e. The van der Waals surface area contributed by atoms with Crippen LogP contribution in [0.1, 0.15) is 32.8 Å². The fourth-order valence-electron chi connectivity index (χ4n) is 3.49. The van der Waals surface area contributed by atoms with E-state index in [0.29, 0.717) is 39.9 Å². The molecule has 4 aromatic rings. The Morgan fingerprint density at radius 2 is 1.83 bits per heavy atom. The van der Waals surface area contributed by atoms with Crippen molar-refractivity contribution in [3.63, 3.8) is 0 Å². The zero-order chi connectivity index (χ0) is 24.8. The van der Waals surface area contributed by atoms with E-state index in [0.717, 1.165) is 24.0 Å². The number of nitrogens with zero attached hydrogens (tertiary/aromatic N) is 4. The van der Waals surface area contributed by atoms with E-state index in [4.69, 9.17) is 0 Å². The number of aryl methyl sites for hydroxylation is 1. The Labute approximate surface area is 207 Å². The number of carbonyl (C=O) groups is 2. The van der Waals surface area contributed by atoms with Crippen molar-refractivity contribution in [2.24, 2.45) is 0 Å². The van der Waals surface area contributed by atoms with Gasteiger partial charge >= 0.3 is 0 Å². The number of fused-ring (bicyclic) bond motifs is 1. The average Bonchev–Trinajstić information content (AvgIpc) is 3.21. The number of benzene rings is 2. The van der Waals surface area contributed by atoms with E-state index in [1.54, 1.807) is 37.4 Å². The topological polar surface area (TPSA) is 112 Å². The summed E-state index contributed by atoms with van der Waals surface area (Å²) in [5.41, 5.74) is 3.57. The van der Waals surface area contributed by atoms with Gasteiger partial charge in [-0.05, 0) is 75.8 Å². The fourth-order valence-corrected chi connectivity index (χ4v) is 4.29. The van der Waals surface area contributed by atoms with E-state index in [1.165, 1.54) is 11.5 Å². The molecule has 9 nitrogen and oxygen atoms in total. The van der Waals surface area contributed by atoms with Crippen molar-refractivity contribution in [1.82, 2.24) is 24.6 Å². The number of hydrogen-bond donors (Lipinski definition) is 3. The molecule has 0 atom stereocenters. The molecule has 2 heterocycles. The van der Waals surface area contributed by atoms with Crippen molar-refractivity contribution in [2.75, 3.05) is 37.8 Å². The van der Waals surface area contributed by atoms with Crippen LogP contribution in [-0.2, 0) is 0 Å². The van der Waals surface area contributed by atoms with E-state index >= 15 is 0 Å². The van der Waals surface area contributed by atoms with Crippen LogP contribution in [-0.4, -0.2) is 58.2 Å². The minimum absolute atomic E-state index is 0.175. The quantitative estimate of drug-likeness (QED) is 0.304. The summed E-state index contributed by atoms with van der Waals surface area (Å²) in [6, 6.07) is 14.4. The Bertz CT molecular complexity index is 1350. The Hall–Kier alpha value is -3.89. The van der Waals surface area contributed by atoms with Gasteiger partial charge in [0.1, 0.15) is 10.8 Å². The minimum atomic E-state index is -0.323. The SMILES string of the molecule is Cc1nsc(Nc2cnc3ccccc3n2)c1C(=O)Nc1cccc(C(=O)NCCCN(C)C)c1. The van der Waals surface area contributed by atoms with Crippen LogP contribution in [0.4, 0.5) is 16.5 Å². The van der Waals surface area contributed by atoms with Gasteiger partial charge in [0.15, 0.2) is 0 Å². The summed E-state index contributed by atoms with van der Waals surface area (Å²) in [4.78, 5) is 36.7. The summed E-state index contributed by atoms with van der Waals surface area (Å²) in [5.74, 6) is 0.0239. The molecule has 2 amide bonds. The van der Waals surface area contributed by atoms with Gasteiger partial charge in [-0.15, -0.1) is 0 Å². The monoisotopic (exact) mass is 489 g/mol. The lowest BCUT2D eigenvalue weighted by Gasteiger charge is -2.11. The first-order valence-corrected chi connectivity index (χ1v) is 12.0. The number of hydrogen-bond acceptors (Lipinski definition) is 8. The Morgan fingerprint density at radius 3 is 2.63 bits per heavy atom. The molecule has 0 saturated carbocycles. The standard InChI is InChI=1S/C25H27N7O2S/c1-16-22(25(35-31-16)30-21-15-27-19-10-4-5-11-20(19)29-21)24(34)28-18-9-6-8-17(14-18)23(33)26-12-7-13-32(2)3/h4-6,8-11,14-15H,7,12-13H2,1-3H3,(H,26,33)(H,28,34)(H,29,30). The number of carbonyl (C=O) groups excluding carboxylic acids is 2. The second-order valence-electron chi connectivity index (χ2n) is 8.29. The van der Waals surface area contributed by atoms with E-state index in [-0.39, 0.29) is 11.8 Å². The third kappa shape index (κ3) is 6.17. The average molecular weight is 490 g/mol. The summed E-state index contributed by atoms with van der Waals surface area (Å²) in [6.45, 7) is 3.26. The van der Waals surface area contributed by atoms with Crippen LogP contribution in [0.5, 0.6) is 0 Å². The molecule has 2 aromatic carbocycles. The van der Waals surface area contributed by atoms with Gasteiger partial charge in [0.2, 0.25) is 0 Å². The van der Waals surface area contributed by atoms with Crippen LogP contribution in [0, 0.1) is 6.92 Å². The number of aromatic nitrogens is 3. The van der Waals surface area contributed by atoms with E-state index in [9.17, 15) is 9.59 Å². The molecule has 0 radical (unpaired) electrons. The number of rotatable bonds is 9. The zero-order valence-electron chi connectivity index (χ0n) is 19.8. The molecule has 0 aliphatic carbocycles. The molecule has 0 bridgehead atoms. The van der Waals surface area contributed by atoms with Crippen molar-refractivity contribution in [1.29, 1.82) is 0 Å². The number of nitrogens with one attached hydrogen (secondary N) is 3. The van der Waals surface area contributed by atoms with Crippen LogP contribution < -0.4 is 16.0 Å². The van der Waals surface area contributed by atoms with Crippen molar-refractivity contribution in [2.45, 2.75) is 13.3 Å². The third-order valence-electron chi connectivity index (χ3n) is 5.23. The predicted octanol–water partition coefficient (Wildman–Crippen LogP) is 4.07. The molecule has 0 aliphatic rings. The lowest BCUT2D eigenvalue weighted by molar-refractivity contribution is 0.0951. The number of anilines is 3. The molecule has 0 saturated heterocycles. The first kappa shape index (κ1) is 24.2. The third-order valence-corrected chi connectivity index (χ3v) is 6.08. The van der Waals surface area contributed by atoms with Gasteiger partial charge < -0.3 is 20.9 Å². The molecule has 35 heavy (non-hydrogen) atoms. The summed E-state index contributed by atoms with van der Waals surface area (Å²) in [6.07, 6.45) is 2.48. The highest BCUT2D eigenvalue weighted by molar-refractivity contribution is 7.10. The summed E-state index contributed by atoms with van der Waals surface area (Å²) in [5, 5.41) is 9.54. The molecule has 180 valence electrons. The second kappa shape index (κ2) is 11.0. The van der Waals surface area contributed by atoms with Gasteiger partial charge in [0.05, 0.1) is 28.5 Å². The zero-order valence-corrected chi connectivity index (χ0v) is 20.6. The predicted molar refractivity (Wildman–Crippen MR) is 140 cm³/mol. The summed E-state index contributed by atoms with van der Waals surface area (Å²) >= 11 is 1.18. The van der Waals surface area contributed by atoms with Crippen molar-refractivity contribution < 1.29 is 9.59 Å². The van der Waals surface area contributed by atoms with Gasteiger partial charge in [-0.25, -0.2) is 4.98 Å². The number of amides is 2. The molecule has 4 rings (SSSR count). The molecule has 0 fully saturated rings. The summed E-state index contributed by atoms with van der Waals surface area (Å²) in [7, 11) is 3.99.